The van der Waals surface area contributed by atoms with Gasteiger partial charge in [0.1, 0.15) is 5.76 Å². The number of aromatic nitrogens is 1. The molecular weight excluding hydrogens is 354 g/mol. The van der Waals surface area contributed by atoms with Crippen LogP contribution in [0.25, 0.3) is 0 Å². The highest BCUT2D eigenvalue weighted by atomic mass is 32.2. The van der Waals surface area contributed by atoms with Crippen LogP contribution in [0.2, 0.25) is 0 Å². The highest BCUT2D eigenvalue weighted by molar-refractivity contribution is 7.90. The minimum atomic E-state index is -3.41. The average Bonchev–Trinajstić information content (AvgIpc) is 3.30. The molecule has 0 spiro atoms. The maximum Gasteiger partial charge on any atom is 0.276 e. The Morgan fingerprint density at radius 1 is 1.08 bits per heavy atom. The number of rotatable bonds is 4. The molecule has 0 unspecified atom stereocenters. The van der Waals surface area contributed by atoms with Gasteiger partial charge >= 0.3 is 0 Å². The number of carbonyl (C=O) groups is 1. The van der Waals surface area contributed by atoms with Crippen LogP contribution in [-0.2, 0) is 22.9 Å². The first-order valence-corrected chi connectivity index (χ1v) is 11.4. The smallest absolute Gasteiger partial charge is 0.276 e. The molecule has 1 saturated heterocycles. The van der Waals surface area contributed by atoms with Gasteiger partial charge in [-0.05, 0) is 44.9 Å². The average molecular weight is 381 g/mol. The number of nitrogens with one attached hydrogen (secondary N) is 1. The van der Waals surface area contributed by atoms with Crippen molar-refractivity contribution in [3.05, 3.63) is 17.0 Å². The summed E-state index contributed by atoms with van der Waals surface area (Å²) >= 11 is 0. The Morgan fingerprint density at radius 3 is 2.65 bits per heavy atom. The Labute approximate surface area is 154 Å². The Morgan fingerprint density at radius 2 is 1.85 bits per heavy atom. The van der Waals surface area contributed by atoms with Gasteiger partial charge in [0.15, 0.2) is 5.69 Å². The molecule has 0 radical (unpaired) electrons. The maximum absolute atomic E-state index is 12.9. The monoisotopic (exact) mass is 381 g/mol. The Hall–Kier alpha value is -1.41. The van der Waals surface area contributed by atoms with Gasteiger partial charge in [-0.3, -0.25) is 4.79 Å². The van der Waals surface area contributed by atoms with E-state index in [1.54, 1.807) is 4.90 Å². The zero-order chi connectivity index (χ0) is 18.1. The predicted octanol–water partition coefficient (Wildman–Crippen LogP) is 2.02. The highest BCUT2D eigenvalue weighted by Gasteiger charge is 2.36. The molecule has 3 aliphatic rings. The molecule has 1 aliphatic heterocycles. The van der Waals surface area contributed by atoms with Crippen molar-refractivity contribution in [1.82, 2.24) is 14.8 Å². The van der Waals surface area contributed by atoms with E-state index in [0.29, 0.717) is 25.1 Å². The topological polar surface area (TPSA) is 92.5 Å². The summed E-state index contributed by atoms with van der Waals surface area (Å²) in [6.45, 7) is 0.818. The lowest BCUT2D eigenvalue weighted by atomic mass is 9.96. The first-order chi connectivity index (χ1) is 12.5. The minimum Gasteiger partial charge on any atom is -0.360 e. The standard InChI is InChI=1S/C18H27N3O4S/c22-18(17-15-9-3-4-10-16(15)25-19-17)21-11-5-8-14(12-21)26(23,24)20-13-6-1-2-7-13/h13-14,20H,1-12H2/t14-/m1/s1. The number of hydrogen-bond donors (Lipinski definition) is 1. The van der Waals surface area contributed by atoms with Crippen LogP contribution >= 0.6 is 0 Å². The molecule has 26 heavy (non-hydrogen) atoms. The Bertz CT molecular complexity index is 767. The SMILES string of the molecule is O=C(c1noc2c1CCCC2)N1CCC[C@@H](S(=O)(=O)NC2CCCC2)C1. The van der Waals surface area contributed by atoms with Crippen LogP contribution < -0.4 is 4.72 Å². The summed E-state index contributed by atoms with van der Waals surface area (Å²) in [5.41, 5.74) is 1.32. The van der Waals surface area contributed by atoms with E-state index in [1.807, 2.05) is 0 Å². The normalized spacial score (nSPS) is 24.6. The van der Waals surface area contributed by atoms with Crippen LogP contribution in [0.15, 0.2) is 4.52 Å². The van der Waals surface area contributed by atoms with Crippen molar-refractivity contribution in [2.75, 3.05) is 13.1 Å². The second-order valence-corrected chi connectivity index (χ2v) is 9.79. The van der Waals surface area contributed by atoms with Gasteiger partial charge in [0.05, 0.1) is 5.25 Å². The molecule has 144 valence electrons. The molecule has 8 heteroatoms. The summed E-state index contributed by atoms with van der Waals surface area (Å²) in [7, 11) is -3.41. The van der Waals surface area contributed by atoms with Crippen LogP contribution in [0.4, 0.5) is 0 Å². The van der Waals surface area contributed by atoms with E-state index in [2.05, 4.69) is 9.88 Å². The highest BCUT2D eigenvalue weighted by Crippen LogP contribution is 2.27. The van der Waals surface area contributed by atoms with Crippen LogP contribution in [0, 0.1) is 0 Å². The summed E-state index contributed by atoms with van der Waals surface area (Å²) in [6, 6.07) is 0.0636. The molecule has 1 aromatic heterocycles. The van der Waals surface area contributed by atoms with Crippen LogP contribution in [0.5, 0.6) is 0 Å². The van der Waals surface area contributed by atoms with E-state index in [1.165, 1.54) is 0 Å². The van der Waals surface area contributed by atoms with Crippen molar-refractivity contribution in [3.8, 4) is 0 Å². The molecule has 4 rings (SSSR count). The quantitative estimate of drug-likeness (QED) is 0.861. The van der Waals surface area contributed by atoms with Gasteiger partial charge in [-0.25, -0.2) is 13.1 Å². The first-order valence-electron chi connectivity index (χ1n) is 9.82. The van der Waals surface area contributed by atoms with Gasteiger partial charge < -0.3 is 9.42 Å². The third-order valence-electron chi connectivity index (χ3n) is 5.94. The molecule has 0 bridgehead atoms. The summed E-state index contributed by atoms with van der Waals surface area (Å²) in [4.78, 5) is 14.6. The minimum absolute atomic E-state index is 0.0636. The van der Waals surface area contributed by atoms with E-state index in [9.17, 15) is 13.2 Å². The fourth-order valence-corrected chi connectivity index (χ4v) is 6.20. The maximum atomic E-state index is 12.9. The van der Waals surface area contributed by atoms with Crippen molar-refractivity contribution in [3.63, 3.8) is 0 Å². The van der Waals surface area contributed by atoms with Crippen LogP contribution in [0.1, 0.15) is 73.2 Å². The van der Waals surface area contributed by atoms with Crippen molar-refractivity contribution in [2.45, 2.75) is 75.5 Å². The number of piperidine rings is 1. The molecule has 1 saturated carbocycles. The largest absolute Gasteiger partial charge is 0.360 e. The molecule has 2 aliphatic carbocycles. The number of carbonyl (C=O) groups excluding carboxylic acids is 1. The molecule has 2 fully saturated rings. The van der Waals surface area contributed by atoms with E-state index >= 15 is 0 Å². The van der Waals surface area contributed by atoms with Crippen LogP contribution in [-0.4, -0.2) is 48.8 Å². The van der Waals surface area contributed by atoms with E-state index < -0.39 is 15.3 Å². The summed E-state index contributed by atoms with van der Waals surface area (Å²) < 4.78 is 33.7. The van der Waals surface area contributed by atoms with Gasteiger partial charge in [0, 0.05) is 31.1 Å². The molecule has 2 heterocycles. The number of fused-ring (bicyclic) bond motifs is 1. The van der Waals surface area contributed by atoms with Crippen molar-refractivity contribution in [1.29, 1.82) is 0 Å². The van der Waals surface area contributed by atoms with Crippen molar-refractivity contribution >= 4 is 15.9 Å². The number of likely N-dealkylation sites (tertiary alicyclic amines) is 1. The van der Waals surface area contributed by atoms with E-state index in [0.717, 1.165) is 62.7 Å². The zero-order valence-corrected chi connectivity index (χ0v) is 15.9. The summed E-state index contributed by atoms with van der Waals surface area (Å²) in [6.07, 6.45) is 9.05. The Kier molecular flexibility index (Phi) is 5.05. The molecule has 1 atom stereocenters. The van der Waals surface area contributed by atoms with Crippen molar-refractivity contribution in [2.24, 2.45) is 0 Å². The van der Waals surface area contributed by atoms with Gasteiger partial charge in [-0.1, -0.05) is 18.0 Å². The van der Waals surface area contributed by atoms with Crippen molar-refractivity contribution < 1.29 is 17.7 Å². The van der Waals surface area contributed by atoms with Gasteiger partial charge in [-0.2, -0.15) is 0 Å². The molecule has 0 aromatic carbocycles. The molecular formula is C18H27N3O4S. The number of aryl methyl sites for hydroxylation is 1. The second-order valence-electron chi connectivity index (χ2n) is 7.80. The van der Waals surface area contributed by atoms with Gasteiger partial charge in [-0.15, -0.1) is 0 Å². The molecule has 1 amide bonds. The van der Waals surface area contributed by atoms with Crippen LogP contribution in [0.3, 0.4) is 0 Å². The fraction of sp³-hybridized carbons (Fsp3) is 0.778. The predicted molar refractivity (Wildman–Crippen MR) is 96.4 cm³/mol. The number of sulfonamides is 1. The van der Waals surface area contributed by atoms with Gasteiger partial charge in [0.25, 0.3) is 5.91 Å². The number of hydrogen-bond acceptors (Lipinski definition) is 5. The third kappa shape index (κ3) is 3.53. The second kappa shape index (κ2) is 7.31. The zero-order valence-electron chi connectivity index (χ0n) is 15.1. The van der Waals surface area contributed by atoms with E-state index in [4.69, 9.17) is 4.52 Å². The lowest BCUT2D eigenvalue weighted by molar-refractivity contribution is 0.0715. The lowest BCUT2D eigenvalue weighted by Crippen LogP contribution is -2.50. The lowest BCUT2D eigenvalue weighted by Gasteiger charge is -2.32. The number of amides is 1. The molecule has 7 nitrogen and oxygen atoms in total. The van der Waals surface area contributed by atoms with Gasteiger partial charge in [0.2, 0.25) is 10.0 Å². The third-order valence-corrected chi connectivity index (χ3v) is 7.87. The molecule has 1 N–H and O–H groups in total. The number of nitrogens with zero attached hydrogens (tertiary/aromatic N) is 2. The Balaban J connectivity index is 1.46. The summed E-state index contributed by atoms with van der Waals surface area (Å²) in [5, 5.41) is 3.47. The molecule has 1 aromatic rings. The fourth-order valence-electron chi connectivity index (χ4n) is 4.45. The first kappa shape index (κ1) is 18.0. The summed E-state index contributed by atoms with van der Waals surface area (Å²) in [5.74, 6) is 0.640. The van der Waals surface area contributed by atoms with E-state index in [-0.39, 0.29) is 18.5 Å².